The summed E-state index contributed by atoms with van der Waals surface area (Å²) in [5.41, 5.74) is 9.79. The van der Waals surface area contributed by atoms with Crippen molar-refractivity contribution in [3.63, 3.8) is 0 Å². The summed E-state index contributed by atoms with van der Waals surface area (Å²) < 4.78 is 3.30. The second-order valence-corrected chi connectivity index (χ2v) is 5.88. The molecule has 0 amide bonds. The van der Waals surface area contributed by atoms with Crippen molar-refractivity contribution in [1.29, 1.82) is 0 Å². The van der Waals surface area contributed by atoms with E-state index in [0.29, 0.717) is 6.54 Å². The Balaban J connectivity index is 2.22. The molecule has 0 fully saturated rings. The number of hydrogen-bond acceptors (Lipinski definition) is 3. The van der Waals surface area contributed by atoms with Gasteiger partial charge in [-0.2, -0.15) is 0 Å². The number of nitrogens with two attached hydrogens (primary N) is 1. The number of halogens is 1. The van der Waals surface area contributed by atoms with Crippen LogP contribution in [-0.4, -0.2) is 14.5 Å². The number of imidazole rings is 1. The molecule has 21 heavy (non-hydrogen) atoms. The van der Waals surface area contributed by atoms with E-state index >= 15 is 0 Å². The molecule has 0 unspecified atom stereocenters. The third kappa shape index (κ3) is 2.71. The lowest BCUT2D eigenvalue weighted by Gasteiger charge is -2.08. The first-order chi connectivity index (χ1) is 10.2. The highest BCUT2D eigenvalue weighted by molar-refractivity contribution is 9.10. The van der Waals surface area contributed by atoms with E-state index in [2.05, 4.69) is 50.6 Å². The molecule has 0 aliphatic rings. The van der Waals surface area contributed by atoms with Crippen LogP contribution in [0.15, 0.2) is 41.0 Å². The molecule has 0 radical (unpaired) electrons. The van der Waals surface area contributed by atoms with Crippen LogP contribution in [0.5, 0.6) is 0 Å². The lowest BCUT2D eigenvalue weighted by Crippen LogP contribution is -2.02. The number of nitrogens with zero attached hydrogens (tertiary/aromatic N) is 3. The van der Waals surface area contributed by atoms with E-state index in [-0.39, 0.29) is 0 Å². The number of pyridine rings is 1. The summed E-state index contributed by atoms with van der Waals surface area (Å²) in [5, 5.41) is 0. The number of rotatable bonds is 4. The molecule has 0 bridgehead atoms. The number of aryl methyl sites for hydroxylation is 1. The van der Waals surface area contributed by atoms with E-state index in [9.17, 15) is 0 Å². The molecule has 4 nitrogen and oxygen atoms in total. The molecular weight excluding hydrogens is 328 g/mol. The monoisotopic (exact) mass is 344 g/mol. The van der Waals surface area contributed by atoms with E-state index in [0.717, 1.165) is 45.6 Å². The third-order valence-corrected chi connectivity index (χ3v) is 3.93. The van der Waals surface area contributed by atoms with Gasteiger partial charge in [0.15, 0.2) is 0 Å². The molecular formula is C16H17BrN4. The zero-order valence-corrected chi connectivity index (χ0v) is 13.5. The van der Waals surface area contributed by atoms with Gasteiger partial charge in [0.05, 0.1) is 16.7 Å². The lowest BCUT2D eigenvalue weighted by molar-refractivity contribution is 0.704. The van der Waals surface area contributed by atoms with Gasteiger partial charge in [-0.3, -0.25) is 4.98 Å². The Kier molecular flexibility index (Phi) is 4.03. The van der Waals surface area contributed by atoms with Crippen LogP contribution >= 0.6 is 15.9 Å². The van der Waals surface area contributed by atoms with Crippen molar-refractivity contribution in [2.24, 2.45) is 5.73 Å². The minimum absolute atomic E-state index is 0.438. The molecule has 0 saturated carbocycles. The van der Waals surface area contributed by atoms with Gasteiger partial charge in [0.1, 0.15) is 5.82 Å². The smallest absolute Gasteiger partial charge is 0.141 e. The van der Waals surface area contributed by atoms with Crippen molar-refractivity contribution >= 4 is 27.0 Å². The van der Waals surface area contributed by atoms with Crippen LogP contribution in [0, 0.1) is 0 Å². The quantitative estimate of drug-likeness (QED) is 0.784. The van der Waals surface area contributed by atoms with Gasteiger partial charge in [-0.25, -0.2) is 4.98 Å². The average molecular weight is 345 g/mol. The minimum atomic E-state index is 0.438. The standard InChI is InChI=1S/C16H17BrN4/c1-2-7-21-15-4-3-12(17)9-14(15)20-16(21)11-5-6-19-13(8-11)10-18/h3-6,8-9H,2,7,10,18H2,1H3. The fourth-order valence-corrected chi connectivity index (χ4v) is 2.85. The van der Waals surface area contributed by atoms with Crippen molar-refractivity contribution < 1.29 is 0 Å². The van der Waals surface area contributed by atoms with Crippen LogP contribution in [0.3, 0.4) is 0 Å². The van der Waals surface area contributed by atoms with Crippen LogP contribution in [0.25, 0.3) is 22.4 Å². The fourth-order valence-electron chi connectivity index (χ4n) is 2.50. The highest BCUT2D eigenvalue weighted by Gasteiger charge is 2.12. The van der Waals surface area contributed by atoms with Gasteiger partial charge in [0.25, 0.3) is 0 Å². The number of fused-ring (bicyclic) bond motifs is 1. The topological polar surface area (TPSA) is 56.7 Å². The van der Waals surface area contributed by atoms with Crippen LogP contribution in [0.2, 0.25) is 0 Å². The van der Waals surface area contributed by atoms with E-state index < -0.39 is 0 Å². The van der Waals surface area contributed by atoms with Crippen molar-refractivity contribution in [3.8, 4) is 11.4 Å². The van der Waals surface area contributed by atoms with E-state index in [4.69, 9.17) is 10.7 Å². The van der Waals surface area contributed by atoms with Crippen molar-refractivity contribution in [2.75, 3.05) is 0 Å². The SMILES string of the molecule is CCCn1c(-c2ccnc(CN)c2)nc2cc(Br)ccc21. The summed E-state index contributed by atoms with van der Waals surface area (Å²) in [6.45, 7) is 3.55. The molecule has 2 aromatic heterocycles. The normalized spacial score (nSPS) is 11.2. The highest BCUT2D eigenvalue weighted by Crippen LogP contribution is 2.27. The van der Waals surface area contributed by atoms with Gasteiger partial charge in [-0.1, -0.05) is 22.9 Å². The summed E-state index contributed by atoms with van der Waals surface area (Å²) in [7, 11) is 0. The maximum Gasteiger partial charge on any atom is 0.141 e. The largest absolute Gasteiger partial charge is 0.325 e. The molecule has 3 aromatic rings. The van der Waals surface area contributed by atoms with Gasteiger partial charge in [0, 0.05) is 29.3 Å². The minimum Gasteiger partial charge on any atom is -0.325 e. The molecule has 0 aliphatic carbocycles. The van der Waals surface area contributed by atoms with E-state index in [1.165, 1.54) is 0 Å². The van der Waals surface area contributed by atoms with Crippen molar-refractivity contribution in [1.82, 2.24) is 14.5 Å². The van der Waals surface area contributed by atoms with Crippen LogP contribution < -0.4 is 5.73 Å². The summed E-state index contributed by atoms with van der Waals surface area (Å²) in [4.78, 5) is 9.06. The summed E-state index contributed by atoms with van der Waals surface area (Å²) >= 11 is 3.51. The van der Waals surface area contributed by atoms with Gasteiger partial charge < -0.3 is 10.3 Å². The maximum absolute atomic E-state index is 5.69. The van der Waals surface area contributed by atoms with Crippen LogP contribution in [0.1, 0.15) is 19.0 Å². The molecule has 108 valence electrons. The maximum atomic E-state index is 5.69. The Labute approximate surface area is 132 Å². The Morgan fingerprint density at radius 1 is 1.24 bits per heavy atom. The summed E-state index contributed by atoms with van der Waals surface area (Å²) in [6.07, 6.45) is 2.85. The fraction of sp³-hybridized carbons (Fsp3) is 0.250. The molecule has 1 aromatic carbocycles. The first-order valence-corrected chi connectivity index (χ1v) is 7.83. The molecule has 3 rings (SSSR count). The Bertz CT molecular complexity index is 779. The zero-order chi connectivity index (χ0) is 14.8. The molecule has 2 N–H and O–H groups in total. The van der Waals surface area contributed by atoms with Crippen molar-refractivity contribution in [3.05, 3.63) is 46.7 Å². The number of hydrogen-bond donors (Lipinski definition) is 1. The summed E-state index contributed by atoms with van der Waals surface area (Å²) in [6, 6.07) is 10.2. The van der Waals surface area contributed by atoms with Gasteiger partial charge in [-0.15, -0.1) is 0 Å². The van der Waals surface area contributed by atoms with Gasteiger partial charge in [-0.05, 0) is 36.8 Å². The molecule has 0 spiro atoms. The average Bonchev–Trinajstić information content (AvgIpc) is 2.85. The Morgan fingerprint density at radius 2 is 2.10 bits per heavy atom. The molecule has 5 heteroatoms. The zero-order valence-electron chi connectivity index (χ0n) is 11.9. The first kappa shape index (κ1) is 14.2. The molecule has 0 aliphatic heterocycles. The van der Waals surface area contributed by atoms with E-state index in [1.54, 1.807) is 6.20 Å². The van der Waals surface area contributed by atoms with Crippen molar-refractivity contribution in [2.45, 2.75) is 26.4 Å². The van der Waals surface area contributed by atoms with Crippen LogP contribution in [-0.2, 0) is 13.1 Å². The molecule has 0 saturated heterocycles. The van der Waals surface area contributed by atoms with Gasteiger partial charge in [0.2, 0.25) is 0 Å². The second kappa shape index (κ2) is 5.95. The lowest BCUT2D eigenvalue weighted by atomic mass is 10.2. The van der Waals surface area contributed by atoms with Gasteiger partial charge >= 0.3 is 0 Å². The second-order valence-electron chi connectivity index (χ2n) is 4.96. The number of benzene rings is 1. The van der Waals surface area contributed by atoms with E-state index in [1.807, 2.05) is 12.1 Å². The number of aromatic nitrogens is 3. The van der Waals surface area contributed by atoms with Crippen LogP contribution in [0.4, 0.5) is 0 Å². The molecule has 2 heterocycles. The Morgan fingerprint density at radius 3 is 2.86 bits per heavy atom. The third-order valence-electron chi connectivity index (χ3n) is 3.44. The predicted molar refractivity (Wildman–Crippen MR) is 88.8 cm³/mol. The highest BCUT2D eigenvalue weighted by atomic mass is 79.9. The Hall–Kier alpha value is -1.72. The summed E-state index contributed by atoms with van der Waals surface area (Å²) in [5.74, 6) is 0.974. The first-order valence-electron chi connectivity index (χ1n) is 7.04. The molecule has 0 atom stereocenters. The predicted octanol–water partition coefficient (Wildman–Crippen LogP) is 3.73.